The fraction of sp³-hybridized carbons (Fsp3) is 1.00. The maximum Gasteiger partial charge on any atom is -0.0443 e. The Kier molecular flexibility index (Phi) is 32.5. The average molecular weight is 549 g/mol. The van der Waals surface area contributed by atoms with Gasteiger partial charge in [0.2, 0.25) is 0 Å². The van der Waals surface area contributed by atoms with E-state index in [-0.39, 0.29) is 0 Å². The summed E-state index contributed by atoms with van der Waals surface area (Å²) in [5, 5.41) is 0. The average Bonchev–Trinajstić information content (AvgIpc) is 2.92. The van der Waals surface area contributed by atoms with Gasteiger partial charge in [-0.15, -0.1) is 0 Å². The van der Waals surface area contributed by atoms with E-state index in [1.165, 1.54) is 199 Å². The fourth-order valence-corrected chi connectivity index (χ4v) is 6.55. The summed E-state index contributed by atoms with van der Waals surface area (Å²) in [5.74, 6) is 2.84. The minimum atomic E-state index is 0.943. The quantitative estimate of drug-likeness (QED) is 0.0715. The number of rotatable bonds is 33. The van der Waals surface area contributed by atoms with E-state index < -0.39 is 0 Å². The third-order valence-corrected chi connectivity index (χ3v) is 9.64. The summed E-state index contributed by atoms with van der Waals surface area (Å²) >= 11 is 0. The van der Waals surface area contributed by atoms with Crippen molar-refractivity contribution in [3.05, 3.63) is 0 Å². The molecule has 0 saturated heterocycles. The highest BCUT2D eigenvalue weighted by atomic mass is 14.1. The molecular weight excluding hydrogens is 468 g/mol. The van der Waals surface area contributed by atoms with Crippen LogP contribution in [0.15, 0.2) is 0 Å². The monoisotopic (exact) mass is 549 g/mol. The molecule has 0 heteroatoms. The van der Waals surface area contributed by atoms with Gasteiger partial charge in [0.15, 0.2) is 0 Å². The predicted molar refractivity (Wildman–Crippen MR) is 182 cm³/mol. The molecule has 0 nitrogen and oxygen atoms in total. The zero-order chi connectivity index (χ0) is 28.7. The van der Waals surface area contributed by atoms with Gasteiger partial charge in [-0.25, -0.2) is 0 Å². The Morgan fingerprint density at radius 1 is 0.231 bits per heavy atom. The molecule has 0 aromatic carbocycles. The van der Waals surface area contributed by atoms with Crippen LogP contribution >= 0.6 is 0 Å². The highest BCUT2D eigenvalue weighted by Crippen LogP contribution is 2.23. The fourth-order valence-electron chi connectivity index (χ4n) is 6.55. The molecule has 236 valence electrons. The van der Waals surface area contributed by atoms with E-state index in [0.717, 1.165) is 17.8 Å². The summed E-state index contributed by atoms with van der Waals surface area (Å²) < 4.78 is 0. The third-order valence-electron chi connectivity index (χ3n) is 9.64. The second-order valence-corrected chi connectivity index (χ2v) is 14.2. The molecule has 39 heavy (non-hydrogen) atoms. The predicted octanol–water partition coefficient (Wildman–Crippen LogP) is 15.0. The number of hydrogen-bond acceptors (Lipinski definition) is 0. The number of unbranched alkanes of at least 4 members (excludes halogenated alkanes) is 21. The zero-order valence-electron chi connectivity index (χ0n) is 28.7. The van der Waals surface area contributed by atoms with Crippen molar-refractivity contribution in [3.63, 3.8) is 0 Å². The van der Waals surface area contributed by atoms with Crippen LogP contribution in [0.2, 0.25) is 0 Å². The van der Waals surface area contributed by atoms with E-state index >= 15 is 0 Å². The van der Waals surface area contributed by atoms with Gasteiger partial charge in [0.05, 0.1) is 0 Å². The van der Waals surface area contributed by atoms with Crippen molar-refractivity contribution in [3.8, 4) is 0 Å². The van der Waals surface area contributed by atoms with Gasteiger partial charge >= 0.3 is 0 Å². The van der Waals surface area contributed by atoms with Crippen molar-refractivity contribution in [1.82, 2.24) is 0 Å². The molecule has 0 fully saturated rings. The maximum absolute atomic E-state index is 2.52. The molecule has 0 spiro atoms. The molecule has 0 N–H and O–H groups in total. The second kappa shape index (κ2) is 32.5. The Hall–Kier alpha value is 0. The maximum atomic E-state index is 2.52. The highest BCUT2D eigenvalue weighted by Gasteiger charge is 2.08. The van der Waals surface area contributed by atoms with E-state index in [0.29, 0.717) is 0 Å². The summed E-state index contributed by atoms with van der Waals surface area (Å²) in [7, 11) is 0. The molecule has 3 atom stereocenters. The molecule has 0 amide bonds. The Morgan fingerprint density at radius 2 is 0.410 bits per heavy atom. The second-order valence-electron chi connectivity index (χ2n) is 14.2. The van der Waals surface area contributed by atoms with Gasteiger partial charge < -0.3 is 0 Å². The Balaban J connectivity index is 3.37. The van der Waals surface area contributed by atoms with Crippen molar-refractivity contribution in [2.75, 3.05) is 0 Å². The van der Waals surface area contributed by atoms with E-state index in [4.69, 9.17) is 0 Å². The molecule has 0 heterocycles. The van der Waals surface area contributed by atoms with Crippen molar-refractivity contribution in [2.45, 2.75) is 234 Å². The summed E-state index contributed by atoms with van der Waals surface area (Å²) in [5.41, 5.74) is 0. The zero-order valence-corrected chi connectivity index (χ0v) is 28.7. The highest BCUT2D eigenvalue weighted by molar-refractivity contribution is 4.61. The van der Waals surface area contributed by atoms with Crippen LogP contribution in [0.3, 0.4) is 0 Å². The molecule has 0 rings (SSSR count). The van der Waals surface area contributed by atoms with Gasteiger partial charge in [-0.1, -0.05) is 234 Å². The molecule has 0 bridgehead atoms. The molecule has 0 aromatic heterocycles. The van der Waals surface area contributed by atoms with Crippen LogP contribution in [-0.4, -0.2) is 0 Å². The van der Waals surface area contributed by atoms with Gasteiger partial charge in [-0.05, 0) is 17.8 Å². The van der Waals surface area contributed by atoms with Crippen LogP contribution in [0.1, 0.15) is 234 Å². The Bertz CT molecular complexity index is 426. The molecule has 0 saturated carbocycles. The molecule has 3 unspecified atom stereocenters. The van der Waals surface area contributed by atoms with Gasteiger partial charge in [-0.3, -0.25) is 0 Å². The first-order chi connectivity index (χ1) is 19.1. The molecular formula is C39H80. The topological polar surface area (TPSA) is 0 Å². The molecule has 0 aliphatic heterocycles. The Morgan fingerprint density at radius 3 is 0.641 bits per heavy atom. The first-order valence-corrected chi connectivity index (χ1v) is 19.1. The lowest BCUT2D eigenvalue weighted by atomic mass is 9.90. The van der Waals surface area contributed by atoms with Gasteiger partial charge in [-0.2, -0.15) is 0 Å². The summed E-state index contributed by atoms with van der Waals surface area (Å²) in [6.45, 7) is 12.2. The van der Waals surface area contributed by atoms with Crippen LogP contribution in [-0.2, 0) is 0 Å². The van der Waals surface area contributed by atoms with E-state index in [1.54, 1.807) is 0 Å². The third kappa shape index (κ3) is 32.4. The standard InChI is InChI=1S/C39H80/c1-6-8-10-12-14-16-18-20-22-24-26-28-32-38(4)34-30-36-39(5)35-29-33-37(3)31-27-25-23-21-19-17-15-13-11-9-7-2/h37-39H,6-36H2,1-5H3. The van der Waals surface area contributed by atoms with Gasteiger partial charge in [0, 0.05) is 0 Å². The summed E-state index contributed by atoms with van der Waals surface area (Å²) in [4.78, 5) is 0. The van der Waals surface area contributed by atoms with Crippen LogP contribution in [0.4, 0.5) is 0 Å². The van der Waals surface area contributed by atoms with Crippen molar-refractivity contribution < 1.29 is 0 Å². The smallest absolute Gasteiger partial charge is 0.0443 e. The SMILES string of the molecule is CCCCCCCCCCCCCCC(C)CCCC(C)CCCC(C)CCCCCCCCCCCCC. The largest absolute Gasteiger partial charge is 0.0654 e. The van der Waals surface area contributed by atoms with E-state index in [9.17, 15) is 0 Å². The van der Waals surface area contributed by atoms with E-state index in [1.807, 2.05) is 0 Å². The number of hydrogen-bond donors (Lipinski definition) is 0. The Labute approximate surface area is 251 Å². The van der Waals surface area contributed by atoms with Crippen molar-refractivity contribution in [2.24, 2.45) is 17.8 Å². The van der Waals surface area contributed by atoms with Crippen LogP contribution in [0, 0.1) is 17.8 Å². The molecule has 0 radical (unpaired) electrons. The van der Waals surface area contributed by atoms with Gasteiger partial charge in [0.25, 0.3) is 0 Å². The summed E-state index contributed by atoms with van der Waals surface area (Å²) in [6.07, 6.45) is 45.5. The minimum Gasteiger partial charge on any atom is -0.0654 e. The minimum absolute atomic E-state index is 0.943. The van der Waals surface area contributed by atoms with Crippen LogP contribution < -0.4 is 0 Å². The van der Waals surface area contributed by atoms with Gasteiger partial charge in [0.1, 0.15) is 0 Å². The lowest BCUT2D eigenvalue weighted by molar-refractivity contribution is 0.373. The first-order valence-electron chi connectivity index (χ1n) is 19.1. The molecule has 0 aliphatic carbocycles. The molecule has 0 aliphatic rings. The van der Waals surface area contributed by atoms with E-state index in [2.05, 4.69) is 34.6 Å². The van der Waals surface area contributed by atoms with Crippen LogP contribution in [0.25, 0.3) is 0 Å². The normalized spacial score (nSPS) is 14.1. The summed E-state index contributed by atoms with van der Waals surface area (Å²) in [6, 6.07) is 0. The lowest BCUT2D eigenvalue weighted by Crippen LogP contribution is -2.01. The van der Waals surface area contributed by atoms with Crippen LogP contribution in [0.5, 0.6) is 0 Å². The van der Waals surface area contributed by atoms with Crippen molar-refractivity contribution in [1.29, 1.82) is 0 Å². The first kappa shape index (κ1) is 39.0. The molecule has 0 aromatic rings. The van der Waals surface area contributed by atoms with Crippen molar-refractivity contribution >= 4 is 0 Å². The lowest BCUT2D eigenvalue weighted by Gasteiger charge is -2.16.